The van der Waals surface area contributed by atoms with Gasteiger partial charge in [0, 0.05) is 30.4 Å². The number of hydrogen-bond acceptors (Lipinski definition) is 4. The zero-order valence-electron chi connectivity index (χ0n) is 17.8. The minimum atomic E-state index is -3.14. The largest absolute Gasteiger partial charge is 0.345 e. The van der Waals surface area contributed by atoms with Gasteiger partial charge in [-0.3, -0.25) is 4.57 Å². The smallest absolute Gasteiger partial charge is 0.260 e. The summed E-state index contributed by atoms with van der Waals surface area (Å²) in [5.74, 6) is 0.339. The fourth-order valence-electron chi connectivity index (χ4n) is 7.28. The summed E-state index contributed by atoms with van der Waals surface area (Å²) in [4.78, 5) is 21.6. The maximum absolute atomic E-state index is 11.9. The van der Waals surface area contributed by atoms with Crippen LogP contribution in [-0.2, 0) is 31.0 Å². The molecule has 0 radical (unpaired) electrons. The fraction of sp³-hybridized carbons (Fsp3) is 0.583. The maximum Gasteiger partial charge on any atom is 0.260 e. The minimum absolute atomic E-state index is 0.100. The van der Waals surface area contributed by atoms with Crippen LogP contribution in [0.25, 0.3) is 10.8 Å². The maximum atomic E-state index is 11.9. The first-order valence-electron chi connectivity index (χ1n) is 11.1. The van der Waals surface area contributed by atoms with E-state index in [0.29, 0.717) is 17.8 Å². The van der Waals surface area contributed by atoms with Gasteiger partial charge >= 0.3 is 0 Å². The number of ether oxygens (including phenoxy) is 1. The van der Waals surface area contributed by atoms with E-state index in [-0.39, 0.29) is 11.0 Å². The number of hydrogen-bond donors (Lipinski definition) is 1. The molecule has 7 heteroatoms. The molecule has 1 aliphatic heterocycles. The molecule has 1 N–H and O–H groups in total. The average molecular weight is 463 g/mol. The molecule has 31 heavy (non-hydrogen) atoms. The van der Waals surface area contributed by atoms with Crippen molar-refractivity contribution in [3.8, 4) is 0 Å². The minimum Gasteiger partial charge on any atom is -0.345 e. The van der Waals surface area contributed by atoms with Gasteiger partial charge in [0.05, 0.1) is 0 Å². The first kappa shape index (κ1) is 20.7. The number of alkyl halides is 1. The molecule has 4 unspecified atom stereocenters. The Morgan fingerprint density at radius 3 is 2.39 bits per heavy atom. The summed E-state index contributed by atoms with van der Waals surface area (Å²) >= 11 is 6.99. The van der Waals surface area contributed by atoms with Crippen molar-refractivity contribution in [2.24, 2.45) is 17.8 Å². The molecule has 1 heterocycles. The van der Waals surface area contributed by atoms with Crippen LogP contribution in [-0.4, -0.2) is 29.1 Å². The van der Waals surface area contributed by atoms with Gasteiger partial charge in [-0.2, -0.15) is 4.89 Å². The SMILES string of the molecule is COC1(c2ccc3ccc(CP(C)(=O)O)cc3c2)OOC12C1CC3CC2CC(Cl)(C3)C1. The molecule has 5 fully saturated rings. The van der Waals surface area contributed by atoms with Crippen LogP contribution in [0.3, 0.4) is 0 Å². The molecule has 2 aromatic carbocycles. The van der Waals surface area contributed by atoms with Crippen LogP contribution >= 0.6 is 19.0 Å². The van der Waals surface area contributed by atoms with Gasteiger partial charge in [0.15, 0.2) is 5.60 Å². The molecule has 4 aliphatic carbocycles. The van der Waals surface area contributed by atoms with Crippen LogP contribution in [0.1, 0.15) is 43.2 Å². The van der Waals surface area contributed by atoms with Gasteiger partial charge in [-0.25, -0.2) is 4.89 Å². The second-order valence-corrected chi connectivity index (χ2v) is 13.6. The van der Waals surface area contributed by atoms with E-state index >= 15 is 0 Å². The normalized spacial score (nSPS) is 42.6. The van der Waals surface area contributed by atoms with Gasteiger partial charge < -0.3 is 9.63 Å². The van der Waals surface area contributed by atoms with E-state index in [0.717, 1.165) is 54.0 Å². The molecule has 5 nitrogen and oxygen atoms in total. The van der Waals surface area contributed by atoms with Crippen LogP contribution < -0.4 is 0 Å². The Kier molecular flexibility index (Phi) is 4.37. The van der Waals surface area contributed by atoms with Crippen LogP contribution in [0.15, 0.2) is 36.4 Å². The summed E-state index contributed by atoms with van der Waals surface area (Å²) in [6, 6.07) is 12.1. The Morgan fingerprint density at radius 2 is 1.81 bits per heavy atom. The van der Waals surface area contributed by atoms with E-state index in [1.165, 1.54) is 6.66 Å². The van der Waals surface area contributed by atoms with Gasteiger partial charge in [0.2, 0.25) is 7.37 Å². The first-order valence-corrected chi connectivity index (χ1v) is 13.8. The van der Waals surface area contributed by atoms with Gasteiger partial charge in [-0.1, -0.05) is 30.3 Å². The Morgan fingerprint density at radius 1 is 1.10 bits per heavy atom. The predicted octanol–water partition coefficient (Wildman–Crippen LogP) is 5.56. The van der Waals surface area contributed by atoms with Crippen molar-refractivity contribution in [3.05, 3.63) is 47.5 Å². The van der Waals surface area contributed by atoms with Gasteiger partial charge in [0.1, 0.15) is 0 Å². The second-order valence-electron chi connectivity index (χ2n) is 10.4. The Hall–Kier alpha value is -0.940. The first-order chi connectivity index (χ1) is 14.7. The van der Waals surface area contributed by atoms with Gasteiger partial charge in [-0.15, -0.1) is 11.6 Å². The molecule has 7 rings (SSSR count). The number of rotatable bonds is 4. The highest BCUT2D eigenvalue weighted by Gasteiger charge is 2.78. The Bertz CT molecular complexity index is 1090. The summed E-state index contributed by atoms with van der Waals surface area (Å²) in [7, 11) is -1.44. The Balaban J connectivity index is 1.43. The lowest BCUT2D eigenvalue weighted by Crippen LogP contribution is -2.78. The van der Waals surface area contributed by atoms with Crippen LogP contribution in [0, 0.1) is 17.8 Å². The molecule has 2 aromatic rings. The zero-order valence-corrected chi connectivity index (χ0v) is 19.5. The van der Waals surface area contributed by atoms with Crippen LogP contribution in [0.2, 0.25) is 0 Å². The Labute approximate surface area is 187 Å². The van der Waals surface area contributed by atoms with Crippen molar-refractivity contribution in [2.45, 2.75) is 54.5 Å². The summed E-state index contributed by atoms with van der Waals surface area (Å²) in [6.45, 7) is 1.40. The summed E-state index contributed by atoms with van der Waals surface area (Å²) < 4.78 is 18.1. The molecule has 166 valence electrons. The zero-order chi connectivity index (χ0) is 21.6. The van der Waals surface area contributed by atoms with E-state index in [1.54, 1.807) is 7.11 Å². The van der Waals surface area contributed by atoms with Crippen molar-refractivity contribution < 1.29 is 24.0 Å². The molecule has 4 saturated carbocycles. The third-order valence-electron chi connectivity index (χ3n) is 8.19. The van der Waals surface area contributed by atoms with Crippen molar-refractivity contribution >= 4 is 29.7 Å². The van der Waals surface area contributed by atoms with Crippen molar-refractivity contribution in [3.63, 3.8) is 0 Å². The highest BCUT2D eigenvalue weighted by atomic mass is 35.5. The monoisotopic (exact) mass is 462 g/mol. The van der Waals surface area contributed by atoms with Gasteiger partial charge in [-0.05, 0) is 72.3 Å². The topological polar surface area (TPSA) is 65.0 Å². The molecule has 0 aromatic heterocycles. The van der Waals surface area contributed by atoms with Crippen molar-refractivity contribution in [1.29, 1.82) is 0 Å². The molecule has 4 atom stereocenters. The predicted molar refractivity (Wildman–Crippen MR) is 119 cm³/mol. The van der Waals surface area contributed by atoms with Crippen LogP contribution in [0.5, 0.6) is 0 Å². The summed E-state index contributed by atoms with van der Waals surface area (Å²) in [5, 5.41) is 2.07. The van der Waals surface area contributed by atoms with Crippen molar-refractivity contribution in [2.75, 3.05) is 13.8 Å². The number of fused-ring (bicyclic) bond motifs is 1. The molecular formula is C24H28ClO5P. The van der Waals surface area contributed by atoms with E-state index in [4.69, 9.17) is 26.1 Å². The van der Waals surface area contributed by atoms with E-state index < -0.39 is 18.8 Å². The lowest BCUT2D eigenvalue weighted by Gasteiger charge is -2.70. The third kappa shape index (κ3) is 2.87. The lowest BCUT2D eigenvalue weighted by atomic mass is 9.46. The molecule has 5 aliphatic rings. The van der Waals surface area contributed by atoms with E-state index in [2.05, 4.69) is 18.2 Å². The molecule has 4 bridgehead atoms. The summed E-state index contributed by atoms with van der Waals surface area (Å²) in [6.07, 6.45) is 5.38. The second kappa shape index (κ2) is 6.56. The van der Waals surface area contributed by atoms with Crippen LogP contribution in [0.4, 0.5) is 0 Å². The number of halogens is 1. The quantitative estimate of drug-likeness (QED) is 0.366. The highest BCUT2D eigenvalue weighted by molar-refractivity contribution is 7.56. The molecule has 1 saturated heterocycles. The standard InChI is InChI=1S/C24H28ClO5P/c1-28-24(19-6-5-17-4-3-15(7-18(17)10-19)14-31(2,26)27)23(29-30-24)20-8-16-9-21(23)13-22(25,11-16)12-20/h3-7,10,16,20-21H,8-9,11-14H2,1-2H3,(H,26,27). The van der Waals surface area contributed by atoms with E-state index in [1.807, 2.05) is 18.2 Å². The summed E-state index contributed by atoms with van der Waals surface area (Å²) in [5.41, 5.74) is 1.28. The lowest BCUT2D eigenvalue weighted by molar-refractivity contribution is -0.645. The van der Waals surface area contributed by atoms with E-state index in [9.17, 15) is 9.46 Å². The molecule has 1 spiro atoms. The third-order valence-corrected chi connectivity index (χ3v) is 9.60. The van der Waals surface area contributed by atoms with Crippen molar-refractivity contribution in [1.82, 2.24) is 0 Å². The van der Waals surface area contributed by atoms with Gasteiger partial charge in [0.25, 0.3) is 5.79 Å². The average Bonchev–Trinajstić information content (AvgIpc) is 2.65. The highest BCUT2D eigenvalue weighted by Crippen LogP contribution is 2.71. The number of benzene rings is 2. The fourth-order valence-corrected chi connectivity index (χ4v) is 8.75. The molecular weight excluding hydrogens is 435 g/mol. The number of methoxy groups -OCH3 is 1. The molecule has 0 amide bonds.